The van der Waals surface area contributed by atoms with Gasteiger partial charge >= 0.3 is 0 Å². The monoisotopic (exact) mass is 440 g/mol. The van der Waals surface area contributed by atoms with Gasteiger partial charge in [-0.1, -0.05) is 84.9 Å². The zero-order chi connectivity index (χ0) is 21.1. The molecule has 7 rings (SSSR count). The van der Waals surface area contributed by atoms with Gasteiger partial charge in [-0.15, -0.1) is 22.7 Å². The third kappa shape index (κ3) is 2.63. The lowest BCUT2D eigenvalue weighted by Crippen LogP contribution is -1.82. The van der Waals surface area contributed by atoms with Gasteiger partial charge in [0.25, 0.3) is 0 Å². The summed E-state index contributed by atoms with van der Waals surface area (Å²) in [7, 11) is 0. The standard InChI is InChI=1S/C30H16S2/c1-3-16-27-23(10-1)25-14-6-12-21(29(25)31-27)19-8-5-9-20(18-19)22-13-7-15-26-24-11-2-4-17-28(24)32-30(22)26/h1-6,8-14,16-18H. The minimum atomic E-state index is 1.17. The van der Waals surface area contributed by atoms with Gasteiger partial charge in [0.2, 0.25) is 0 Å². The highest BCUT2D eigenvalue weighted by Crippen LogP contribution is 2.42. The molecule has 7 aromatic rings. The molecule has 5 aromatic carbocycles. The van der Waals surface area contributed by atoms with Crippen molar-refractivity contribution in [3.8, 4) is 22.3 Å². The summed E-state index contributed by atoms with van der Waals surface area (Å²) >= 11 is 3.72. The van der Waals surface area contributed by atoms with E-state index < -0.39 is 0 Å². The number of benzene rings is 4. The van der Waals surface area contributed by atoms with Crippen molar-refractivity contribution >= 4 is 63.0 Å². The summed E-state index contributed by atoms with van der Waals surface area (Å²) in [5, 5.41) is 5.10. The van der Waals surface area contributed by atoms with E-state index in [0.717, 1.165) is 0 Å². The van der Waals surface area contributed by atoms with Crippen LogP contribution in [-0.2, 0) is 0 Å². The summed E-state index contributed by atoms with van der Waals surface area (Å²) < 4.78 is 5.27. The van der Waals surface area contributed by atoms with Crippen LogP contribution in [0.2, 0.25) is 0 Å². The zero-order valence-electron chi connectivity index (χ0n) is 17.1. The van der Waals surface area contributed by atoms with E-state index in [1.165, 1.54) is 62.6 Å². The van der Waals surface area contributed by atoms with Crippen molar-refractivity contribution in [1.29, 1.82) is 0 Å². The van der Waals surface area contributed by atoms with Gasteiger partial charge in [-0.05, 0) is 41.0 Å². The van der Waals surface area contributed by atoms with Gasteiger partial charge in [-0.25, -0.2) is 0 Å². The highest BCUT2D eigenvalue weighted by molar-refractivity contribution is 7.26. The van der Waals surface area contributed by atoms with Crippen molar-refractivity contribution in [3.05, 3.63) is 109 Å². The minimum Gasteiger partial charge on any atom is -0.135 e. The van der Waals surface area contributed by atoms with Gasteiger partial charge in [-0.3, -0.25) is 0 Å². The van der Waals surface area contributed by atoms with Gasteiger partial charge in [-0.2, -0.15) is 0 Å². The normalized spacial score (nSPS) is 11.5. The van der Waals surface area contributed by atoms with E-state index in [1.807, 2.05) is 22.7 Å². The third-order valence-electron chi connectivity index (χ3n) is 6.14. The molecule has 0 atom stereocenters. The quantitative estimate of drug-likeness (QED) is 0.251. The van der Waals surface area contributed by atoms with Crippen LogP contribution < -0.4 is 0 Å². The lowest BCUT2D eigenvalue weighted by molar-refractivity contribution is 1.65. The first-order valence-corrected chi connectivity index (χ1v) is 12.2. The Morgan fingerprint density at radius 1 is 0.531 bits per heavy atom. The van der Waals surface area contributed by atoms with Crippen molar-refractivity contribution in [2.24, 2.45) is 0 Å². The van der Waals surface area contributed by atoms with Gasteiger partial charge < -0.3 is 0 Å². The molecule has 2 heterocycles. The Hall–Kier alpha value is -3.64. The second-order valence-corrected chi connectivity index (χ2v) is 10.1. The van der Waals surface area contributed by atoms with Crippen LogP contribution in [0.4, 0.5) is 0 Å². The Morgan fingerprint density at radius 3 is 2.06 bits per heavy atom. The van der Waals surface area contributed by atoms with E-state index in [1.54, 1.807) is 0 Å². The van der Waals surface area contributed by atoms with Crippen molar-refractivity contribution in [2.45, 2.75) is 0 Å². The molecule has 0 aliphatic rings. The Labute approximate surface area is 194 Å². The predicted molar refractivity (Wildman–Crippen MR) is 141 cm³/mol. The number of hydrogen-bond acceptors (Lipinski definition) is 2. The average Bonchev–Trinajstić information content (AvgIpc) is 3.42. The van der Waals surface area contributed by atoms with E-state index in [4.69, 9.17) is 0 Å². The van der Waals surface area contributed by atoms with E-state index in [9.17, 15) is 0 Å². The molecular weight excluding hydrogens is 424 g/mol. The minimum absolute atomic E-state index is 1.17. The first-order chi connectivity index (χ1) is 15.9. The maximum absolute atomic E-state index is 3.36. The molecule has 0 nitrogen and oxygen atoms in total. The van der Waals surface area contributed by atoms with Crippen LogP contribution in [-0.4, -0.2) is 0 Å². The van der Waals surface area contributed by atoms with Crippen molar-refractivity contribution in [2.75, 3.05) is 0 Å². The largest absolute Gasteiger partial charge is 0.135 e. The molecule has 0 N–H and O–H groups in total. The zero-order valence-corrected chi connectivity index (χ0v) is 18.7. The van der Waals surface area contributed by atoms with Crippen LogP contribution >= 0.6 is 22.7 Å². The molecule has 0 saturated heterocycles. The molecule has 148 valence electrons. The molecule has 32 heavy (non-hydrogen) atoms. The molecule has 2 aromatic heterocycles. The van der Waals surface area contributed by atoms with Crippen molar-refractivity contribution < 1.29 is 0 Å². The second kappa shape index (κ2) is 6.93. The predicted octanol–water partition coefficient (Wildman–Crippen LogP) is 9.36. The number of hydrogen-bond donors (Lipinski definition) is 0. The van der Waals surface area contributed by atoms with Gasteiger partial charge in [0.15, 0.2) is 0 Å². The number of rotatable bonds is 2. The van der Waals surface area contributed by atoms with Crippen LogP contribution in [0.3, 0.4) is 0 Å². The molecule has 0 unspecified atom stereocenters. The summed E-state index contributed by atoms with van der Waals surface area (Å²) in [5.74, 6) is 0. The van der Waals surface area contributed by atoms with Gasteiger partial charge in [0.05, 0.1) is 10.1 Å². The van der Waals surface area contributed by atoms with Crippen LogP contribution in [0.1, 0.15) is 0 Å². The lowest BCUT2D eigenvalue weighted by Gasteiger charge is -2.07. The van der Waals surface area contributed by atoms with Gasteiger partial charge in [0.1, 0.15) is 0 Å². The average molecular weight is 441 g/mol. The van der Waals surface area contributed by atoms with Crippen LogP contribution in [0, 0.1) is 12.1 Å². The topological polar surface area (TPSA) is 0 Å². The van der Waals surface area contributed by atoms with E-state index >= 15 is 0 Å². The summed E-state index contributed by atoms with van der Waals surface area (Å²) in [4.78, 5) is 0. The van der Waals surface area contributed by atoms with E-state index in [2.05, 4.69) is 109 Å². The first kappa shape index (κ1) is 18.0. The molecule has 0 spiro atoms. The van der Waals surface area contributed by atoms with Crippen molar-refractivity contribution in [3.63, 3.8) is 0 Å². The third-order valence-corrected chi connectivity index (χ3v) is 8.57. The molecule has 0 aliphatic heterocycles. The van der Waals surface area contributed by atoms with Crippen LogP contribution in [0.15, 0.2) is 97.1 Å². The smallest absolute Gasteiger partial charge is 0.0524 e. The molecular formula is C30H16S2. The molecule has 0 amide bonds. The summed E-state index contributed by atoms with van der Waals surface area (Å²) in [5.41, 5.74) is 5.00. The van der Waals surface area contributed by atoms with Crippen LogP contribution in [0.5, 0.6) is 0 Å². The Bertz CT molecular complexity index is 1650. The Morgan fingerprint density at radius 2 is 1.19 bits per heavy atom. The molecule has 2 heteroatoms. The molecule has 0 saturated carbocycles. The highest BCUT2D eigenvalue weighted by Gasteiger charge is 2.13. The number of fused-ring (bicyclic) bond motifs is 6. The second-order valence-electron chi connectivity index (χ2n) is 7.99. The van der Waals surface area contributed by atoms with Crippen molar-refractivity contribution in [1.82, 2.24) is 0 Å². The first-order valence-electron chi connectivity index (χ1n) is 10.6. The summed E-state index contributed by atoms with van der Waals surface area (Å²) in [6.45, 7) is 0. The number of thiophene rings is 2. The fourth-order valence-electron chi connectivity index (χ4n) is 4.65. The van der Waals surface area contributed by atoms with Gasteiger partial charge in [0, 0.05) is 35.8 Å². The van der Waals surface area contributed by atoms with E-state index in [-0.39, 0.29) is 0 Å². The Balaban J connectivity index is 1.45. The SMILES string of the molecule is c1cc(-c2cccc(-c3cccc4c3sc3ccccc34)c2)c2sc3ccccc3c2c#1. The maximum Gasteiger partial charge on any atom is 0.0524 e. The summed E-state index contributed by atoms with van der Waals surface area (Å²) in [6.07, 6.45) is 0. The molecule has 0 radical (unpaired) electrons. The molecule has 0 aliphatic carbocycles. The lowest BCUT2D eigenvalue weighted by atomic mass is 9.97. The van der Waals surface area contributed by atoms with Crippen LogP contribution in [0.25, 0.3) is 62.6 Å². The summed E-state index contributed by atoms with van der Waals surface area (Å²) in [6, 6.07) is 41.6. The van der Waals surface area contributed by atoms with E-state index in [0.29, 0.717) is 0 Å². The Kier molecular flexibility index (Phi) is 3.90. The maximum atomic E-state index is 3.36. The highest BCUT2D eigenvalue weighted by atomic mass is 32.1. The fourth-order valence-corrected chi connectivity index (χ4v) is 7.08. The fraction of sp³-hybridized carbons (Fsp3) is 0. The molecule has 0 fully saturated rings. The molecule has 0 bridgehead atoms.